The summed E-state index contributed by atoms with van der Waals surface area (Å²) >= 11 is 0. The summed E-state index contributed by atoms with van der Waals surface area (Å²) in [6.45, 7) is 11.2. The summed E-state index contributed by atoms with van der Waals surface area (Å²) in [6.07, 6.45) is 2.19. The van der Waals surface area contributed by atoms with Crippen LogP contribution in [0.25, 0.3) is 0 Å². The van der Waals surface area contributed by atoms with Crippen molar-refractivity contribution in [2.24, 2.45) is 5.92 Å². The monoisotopic (exact) mass is 795 g/mol. The lowest BCUT2D eigenvalue weighted by Crippen LogP contribution is -2.62. The lowest BCUT2D eigenvalue weighted by molar-refractivity contribution is -0.139. The molecule has 3 aliphatic heterocycles. The highest BCUT2D eigenvalue weighted by Crippen LogP contribution is 2.39. The number of morpholine rings is 1. The van der Waals surface area contributed by atoms with E-state index in [0.29, 0.717) is 84.8 Å². The number of carbonyl (C=O) groups excluding carboxylic acids is 4. The van der Waals surface area contributed by atoms with Crippen molar-refractivity contribution in [1.82, 2.24) is 25.8 Å². The SMILES string of the molecule is CC(C)(C)OC(=O)NCCOCCOCCOCCC(=O)NCCOc1cccc([C@H](c2ccccc2)C2CCN(C(=O)N3CCC4OCC(=O)N[C@@H]4C3)CC2)c1. The van der Waals surface area contributed by atoms with Crippen LogP contribution in [0.5, 0.6) is 5.75 Å². The number of rotatable bonds is 19. The molecule has 0 radical (unpaired) electrons. The molecule has 5 rings (SSSR count). The second-order valence-corrected chi connectivity index (χ2v) is 15.5. The third-order valence-electron chi connectivity index (χ3n) is 10.1. The van der Waals surface area contributed by atoms with Gasteiger partial charge in [0.05, 0.1) is 58.3 Å². The molecule has 3 atom stereocenters. The zero-order chi connectivity index (χ0) is 40.5. The van der Waals surface area contributed by atoms with E-state index in [0.717, 1.165) is 30.6 Å². The summed E-state index contributed by atoms with van der Waals surface area (Å²) in [6, 6.07) is 18.5. The normalized spacial score (nSPS) is 19.2. The minimum absolute atomic E-state index is 0.0285. The first-order valence-electron chi connectivity index (χ1n) is 20.2. The van der Waals surface area contributed by atoms with Crippen LogP contribution in [0.1, 0.15) is 63.5 Å². The summed E-state index contributed by atoms with van der Waals surface area (Å²) in [7, 11) is 0. The van der Waals surface area contributed by atoms with E-state index < -0.39 is 11.7 Å². The lowest BCUT2D eigenvalue weighted by atomic mass is 9.76. The number of likely N-dealkylation sites (tertiary alicyclic amines) is 2. The highest BCUT2D eigenvalue weighted by atomic mass is 16.6. The molecule has 3 aliphatic rings. The molecule has 0 spiro atoms. The Balaban J connectivity index is 0.960. The van der Waals surface area contributed by atoms with Gasteiger partial charge in [-0.15, -0.1) is 0 Å². The van der Waals surface area contributed by atoms with Crippen LogP contribution in [0.2, 0.25) is 0 Å². The topological polar surface area (TPSA) is 166 Å². The van der Waals surface area contributed by atoms with Crippen LogP contribution in [-0.4, -0.2) is 144 Å². The summed E-state index contributed by atoms with van der Waals surface area (Å²) < 4.78 is 33.3. The molecule has 0 bridgehead atoms. The van der Waals surface area contributed by atoms with Crippen LogP contribution in [0, 0.1) is 5.92 Å². The molecule has 3 saturated heterocycles. The molecule has 3 fully saturated rings. The first-order valence-corrected chi connectivity index (χ1v) is 20.2. The maximum absolute atomic E-state index is 13.5. The van der Waals surface area contributed by atoms with Gasteiger partial charge in [-0.25, -0.2) is 9.59 Å². The molecule has 0 saturated carbocycles. The molecule has 57 heavy (non-hydrogen) atoms. The van der Waals surface area contributed by atoms with Crippen molar-refractivity contribution in [2.45, 2.75) is 70.1 Å². The van der Waals surface area contributed by atoms with Gasteiger partial charge in [-0.1, -0.05) is 42.5 Å². The van der Waals surface area contributed by atoms with Crippen LogP contribution in [0.4, 0.5) is 9.59 Å². The van der Waals surface area contributed by atoms with Gasteiger partial charge < -0.3 is 54.2 Å². The lowest BCUT2D eigenvalue weighted by Gasteiger charge is -2.44. The van der Waals surface area contributed by atoms with Gasteiger partial charge in [-0.2, -0.15) is 0 Å². The number of nitrogens with one attached hydrogen (secondary N) is 3. The van der Waals surface area contributed by atoms with Crippen LogP contribution < -0.4 is 20.7 Å². The third kappa shape index (κ3) is 14.8. The Bertz CT molecular complexity index is 1570. The Morgan fingerprint density at radius 2 is 1.47 bits per heavy atom. The first-order chi connectivity index (χ1) is 27.6. The van der Waals surface area contributed by atoms with Crippen molar-refractivity contribution >= 4 is 23.9 Å². The van der Waals surface area contributed by atoms with Crippen molar-refractivity contribution in [3.63, 3.8) is 0 Å². The van der Waals surface area contributed by atoms with Crippen molar-refractivity contribution in [3.05, 3.63) is 65.7 Å². The first kappa shape index (κ1) is 43.7. The van der Waals surface area contributed by atoms with Gasteiger partial charge in [-0.3, -0.25) is 9.59 Å². The number of amides is 5. The van der Waals surface area contributed by atoms with E-state index in [1.165, 1.54) is 5.56 Å². The molecule has 2 aromatic carbocycles. The summed E-state index contributed by atoms with van der Waals surface area (Å²) in [4.78, 5) is 53.2. The number of carbonyl (C=O) groups is 4. The standard InChI is InChI=1S/C42H61N5O10/c1-42(2,3)57-40(50)44-16-22-53-25-27-54-26-24-52-21-15-37(48)43-17-23-55-34-11-7-10-33(28-34)39(31-8-5-4-6-9-31)32-12-18-46(19-13-32)41(51)47-20-14-36-35(29-47)45-38(49)30-56-36/h4-11,28,32,35-36,39H,12-27,29-30H2,1-3H3,(H,43,48)(H,44,50)(H,45,49)/t35-,36?,39-/m1/s1. The fourth-order valence-electron chi connectivity index (χ4n) is 7.39. The Kier molecular flexibility index (Phi) is 17.2. The summed E-state index contributed by atoms with van der Waals surface area (Å²) in [5.74, 6) is 0.964. The minimum Gasteiger partial charge on any atom is -0.492 e. The molecule has 314 valence electrons. The second kappa shape index (κ2) is 22.5. The molecule has 15 nitrogen and oxygen atoms in total. The molecule has 1 unspecified atom stereocenters. The van der Waals surface area contributed by atoms with E-state index >= 15 is 0 Å². The highest BCUT2D eigenvalue weighted by molar-refractivity contribution is 5.79. The van der Waals surface area contributed by atoms with Gasteiger partial charge in [0.25, 0.3) is 0 Å². The van der Waals surface area contributed by atoms with E-state index in [1.807, 2.05) is 28.0 Å². The molecular weight excluding hydrogens is 734 g/mol. The minimum atomic E-state index is -0.537. The molecule has 2 aromatic rings. The van der Waals surface area contributed by atoms with Gasteiger partial charge in [0.15, 0.2) is 0 Å². The molecule has 5 amide bonds. The second-order valence-electron chi connectivity index (χ2n) is 15.5. The fraction of sp³-hybridized carbons (Fsp3) is 0.619. The summed E-state index contributed by atoms with van der Waals surface area (Å²) in [5.41, 5.74) is 1.85. The van der Waals surface area contributed by atoms with Gasteiger partial charge in [-0.05, 0) is 69.2 Å². The quantitative estimate of drug-likeness (QED) is 0.179. The highest BCUT2D eigenvalue weighted by Gasteiger charge is 2.39. The van der Waals surface area contributed by atoms with E-state index in [2.05, 4.69) is 52.3 Å². The van der Waals surface area contributed by atoms with Crippen LogP contribution >= 0.6 is 0 Å². The maximum Gasteiger partial charge on any atom is 0.407 e. The van der Waals surface area contributed by atoms with Gasteiger partial charge in [0, 0.05) is 45.1 Å². The van der Waals surface area contributed by atoms with Crippen molar-refractivity contribution in [1.29, 1.82) is 0 Å². The van der Waals surface area contributed by atoms with E-state index in [1.54, 1.807) is 20.8 Å². The number of benzene rings is 2. The average Bonchev–Trinajstić information content (AvgIpc) is 3.19. The number of urea groups is 1. The molecule has 0 aromatic heterocycles. The van der Waals surface area contributed by atoms with Gasteiger partial charge in [0.1, 0.15) is 24.6 Å². The molecule has 3 heterocycles. The van der Waals surface area contributed by atoms with E-state index in [4.69, 9.17) is 28.4 Å². The number of piperidine rings is 2. The maximum atomic E-state index is 13.5. The largest absolute Gasteiger partial charge is 0.492 e. The van der Waals surface area contributed by atoms with Gasteiger partial charge in [0.2, 0.25) is 11.8 Å². The van der Waals surface area contributed by atoms with Crippen molar-refractivity contribution in [2.75, 3.05) is 92.1 Å². The van der Waals surface area contributed by atoms with Crippen molar-refractivity contribution in [3.8, 4) is 5.75 Å². The number of fused-ring (bicyclic) bond motifs is 1. The fourth-order valence-corrected chi connectivity index (χ4v) is 7.39. The third-order valence-corrected chi connectivity index (χ3v) is 10.1. The zero-order valence-electron chi connectivity index (χ0n) is 33.7. The zero-order valence-corrected chi connectivity index (χ0v) is 33.7. The number of alkyl carbamates (subject to hydrolysis) is 1. The average molecular weight is 796 g/mol. The molecular formula is C42H61N5O10. The predicted octanol–water partition coefficient (Wildman–Crippen LogP) is 3.70. The molecule has 3 N–H and O–H groups in total. The van der Waals surface area contributed by atoms with Crippen LogP contribution in [-0.2, 0) is 33.3 Å². The molecule has 15 heteroatoms. The number of hydrogen-bond donors (Lipinski definition) is 3. The number of hydrogen-bond acceptors (Lipinski definition) is 10. The number of ether oxygens (including phenoxy) is 6. The Morgan fingerprint density at radius 3 is 2.21 bits per heavy atom. The Hall–Kier alpha value is -4.44. The van der Waals surface area contributed by atoms with Crippen LogP contribution in [0.3, 0.4) is 0 Å². The predicted molar refractivity (Wildman–Crippen MR) is 212 cm³/mol. The van der Waals surface area contributed by atoms with Crippen LogP contribution in [0.15, 0.2) is 54.6 Å². The van der Waals surface area contributed by atoms with Crippen molar-refractivity contribution < 1.29 is 47.6 Å². The van der Waals surface area contributed by atoms with E-state index in [-0.39, 0.29) is 55.5 Å². The smallest absolute Gasteiger partial charge is 0.407 e. The summed E-state index contributed by atoms with van der Waals surface area (Å²) in [5, 5.41) is 8.51. The molecule has 0 aliphatic carbocycles. The Morgan fingerprint density at radius 1 is 0.807 bits per heavy atom. The van der Waals surface area contributed by atoms with Gasteiger partial charge >= 0.3 is 12.1 Å². The van der Waals surface area contributed by atoms with E-state index in [9.17, 15) is 19.2 Å². The number of nitrogens with zero attached hydrogens (tertiary/aromatic N) is 2. The Labute approximate surface area is 336 Å².